The third kappa shape index (κ3) is 2.55. The summed E-state index contributed by atoms with van der Waals surface area (Å²) in [6, 6.07) is -1.79. The highest BCUT2D eigenvalue weighted by Crippen LogP contribution is 2.41. The van der Waals surface area contributed by atoms with Gasteiger partial charge >= 0.3 is 5.76 Å². The summed E-state index contributed by atoms with van der Waals surface area (Å²) in [7, 11) is 2.86. The van der Waals surface area contributed by atoms with Crippen LogP contribution in [0.1, 0.15) is 25.1 Å². The smallest absolute Gasteiger partial charge is 0.438 e. The molecule has 130 valence electrons. The number of aromatic amines is 1. The first-order valence-corrected chi connectivity index (χ1v) is 7.39. The number of nitrogens with zero attached hydrogens (tertiary/aromatic N) is 4. The van der Waals surface area contributed by atoms with E-state index >= 15 is 0 Å². The molecule has 0 spiro atoms. The van der Waals surface area contributed by atoms with Crippen LogP contribution in [0.3, 0.4) is 0 Å². The molecule has 24 heavy (non-hydrogen) atoms. The minimum atomic E-state index is -0.849. The van der Waals surface area contributed by atoms with Crippen LogP contribution >= 0.6 is 0 Å². The summed E-state index contributed by atoms with van der Waals surface area (Å²) < 4.78 is 14.9. The van der Waals surface area contributed by atoms with E-state index in [1.807, 2.05) is 0 Å². The lowest BCUT2D eigenvalue weighted by molar-refractivity contribution is -0.536. The van der Waals surface area contributed by atoms with Crippen molar-refractivity contribution in [3.05, 3.63) is 26.5 Å². The second-order valence-electron chi connectivity index (χ2n) is 5.79. The molecule has 11 nitrogen and oxygen atoms in total. The summed E-state index contributed by atoms with van der Waals surface area (Å²) in [5.74, 6) is -1.04. The SMILES string of the molecule is COC1=NC2CC([N+](=O)[O-])C(C)C(c3noc(=O)[nH]3)C2N=C1OC. The summed E-state index contributed by atoms with van der Waals surface area (Å²) in [6.45, 7) is 1.74. The van der Waals surface area contributed by atoms with Crippen molar-refractivity contribution in [2.75, 3.05) is 14.2 Å². The highest BCUT2D eigenvalue weighted by molar-refractivity contribution is 6.35. The lowest BCUT2D eigenvalue weighted by atomic mass is 9.71. The number of fused-ring (bicyclic) bond motifs is 1. The summed E-state index contributed by atoms with van der Waals surface area (Å²) in [6.07, 6.45) is 0.213. The molecule has 1 aliphatic heterocycles. The summed E-state index contributed by atoms with van der Waals surface area (Å²) in [5.41, 5.74) is 0. The summed E-state index contributed by atoms with van der Waals surface area (Å²) in [5, 5.41) is 15.2. The van der Waals surface area contributed by atoms with Crippen molar-refractivity contribution in [1.29, 1.82) is 0 Å². The topological polar surface area (TPSA) is 145 Å². The Morgan fingerprint density at radius 1 is 1.29 bits per heavy atom. The van der Waals surface area contributed by atoms with Gasteiger partial charge in [0.25, 0.3) is 11.8 Å². The van der Waals surface area contributed by atoms with Crippen LogP contribution in [0, 0.1) is 16.0 Å². The Hall–Kier alpha value is -2.72. The molecule has 5 unspecified atom stereocenters. The standard InChI is InChI=1S/C13H17N5O6/c1-5-7(18(20)21)4-6-9(8(5)10-16-13(19)24-17-10)15-12(23-3)11(14-6)22-2/h5-9H,4H2,1-3H3,(H,16,17,19). The van der Waals surface area contributed by atoms with Gasteiger partial charge in [-0.2, -0.15) is 0 Å². The number of nitro groups is 1. The Balaban J connectivity index is 2.07. The van der Waals surface area contributed by atoms with Gasteiger partial charge in [-0.25, -0.2) is 14.8 Å². The van der Waals surface area contributed by atoms with Gasteiger partial charge in [0, 0.05) is 17.3 Å². The number of aromatic nitrogens is 2. The van der Waals surface area contributed by atoms with Crippen LogP contribution in [0.5, 0.6) is 0 Å². The first kappa shape index (κ1) is 16.1. The van der Waals surface area contributed by atoms with Gasteiger partial charge in [0.1, 0.15) is 0 Å². The molecule has 1 fully saturated rings. The molecular weight excluding hydrogens is 322 g/mol. The minimum absolute atomic E-state index is 0.197. The minimum Gasteiger partial charge on any atom is -0.477 e. The van der Waals surface area contributed by atoms with Crippen LogP contribution in [-0.4, -0.2) is 59.2 Å². The molecule has 0 bridgehead atoms. The van der Waals surface area contributed by atoms with Crippen LogP contribution in [0.4, 0.5) is 0 Å². The fourth-order valence-corrected chi connectivity index (χ4v) is 3.44. The van der Waals surface area contributed by atoms with Crippen LogP contribution in [0.2, 0.25) is 0 Å². The number of aliphatic imine (C=N–C) groups is 2. The molecule has 3 rings (SSSR count). The molecule has 0 aromatic carbocycles. The van der Waals surface area contributed by atoms with Crippen LogP contribution < -0.4 is 5.76 Å². The number of methoxy groups -OCH3 is 2. The van der Waals surface area contributed by atoms with E-state index < -0.39 is 35.7 Å². The van der Waals surface area contributed by atoms with Crippen LogP contribution in [0.25, 0.3) is 0 Å². The molecule has 1 N–H and O–H groups in total. The summed E-state index contributed by atoms with van der Waals surface area (Å²) >= 11 is 0. The molecule has 1 aliphatic carbocycles. The third-order valence-corrected chi connectivity index (χ3v) is 4.58. The average molecular weight is 339 g/mol. The van der Waals surface area contributed by atoms with E-state index in [2.05, 4.69) is 24.6 Å². The molecule has 1 aromatic heterocycles. The fourth-order valence-electron chi connectivity index (χ4n) is 3.44. The predicted molar refractivity (Wildman–Crippen MR) is 80.9 cm³/mol. The second-order valence-corrected chi connectivity index (χ2v) is 5.79. The van der Waals surface area contributed by atoms with E-state index in [1.54, 1.807) is 6.92 Å². The zero-order valence-corrected chi connectivity index (χ0v) is 13.3. The fraction of sp³-hybridized carbons (Fsp3) is 0.692. The Kier molecular flexibility index (Phi) is 4.08. The normalized spacial score (nSPS) is 32.4. The van der Waals surface area contributed by atoms with Gasteiger partial charge < -0.3 is 9.47 Å². The molecule has 2 heterocycles. The first-order valence-electron chi connectivity index (χ1n) is 7.39. The lowest BCUT2D eigenvalue weighted by Gasteiger charge is -2.39. The molecule has 0 amide bonds. The Morgan fingerprint density at radius 2 is 1.96 bits per heavy atom. The van der Waals surface area contributed by atoms with E-state index in [1.165, 1.54) is 14.2 Å². The van der Waals surface area contributed by atoms with Gasteiger partial charge in [-0.15, -0.1) is 0 Å². The zero-order chi connectivity index (χ0) is 17.4. The van der Waals surface area contributed by atoms with Gasteiger partial charge in [0.15, 0.2) is 5.82 Å². The van der Waals surface area contributed by atoms with Gasteiger partial charge in [-0.3, -0.25) is 19.6 Å². The van der Waals surface area contributed by atoms with Crippen molar-refractivity contribution >= 4 is 11.8 Å². The number of nitrogens with one attached hydrogen (secondary N) is 1. The van der Waals surface area contributed by atoms with Gasteiger partial charge in [-0.05, 0) is 0 Å². The lowest BCUT2D eigenvalue weighted by Crippen LogP contribution is -2.51. The van der Waals surface area contributed by atoms with E-state index in [0.717, 1.165) is 0 Å². The number of ether oxygens (including phenoxy) is 2. The Labute approximate surface area is 135 Å². The molecule has 0 radical (unpaired) electrons. The number of hydrogen-bond acceptors (Lipinski definition) is 9. The number of rotatable bonds is 2. The molecule has 1 aromatic rings. The molecule has 5 atom stereocenters. The predicted octanol–water partition coefficient (Wildman–Crippen LogP) is -0.0278. The van der Waals surface area contributed by atoms with Crippen LogP contribution in [-0.2, 0) is 9.47 Å². The third-order valence-electron chi connectivity index (χ3n) is 4.58. The van der Waals surface area contributed by atoms with Crippen molar-refractivity contribution in [3.63, 3.8) is 0 Å². The molecule has 1 saturated carbocycles. The van der Waals surface area contributed by atoms with E-state index in [-0.39, 0.29) is 29.0 Å². The zero-order valence-electron chi connectivity index (χ0n) is 13.3. The Bertz CT molecular complexity index is 752. The molecule has 11 heteroatoms. The maximum Gasteiger partial charge on any atom is 0.438 e. The maximum atomic E-state index is 11.4. The molecule has 0 saturated heterocycles. The van der Waals surface area contributed by atoms with Crippen molar-refractivity contribution in [2.45, 2.75) is 37.4 Å². The second kappa shape index (κ2) is 6.06. The largest absolute Gasteiger partial charge is 0.477 e. The monoisotopic (exact) mass is 339 g/mol. The van der Waals surface area contributed by atoms with Crippen molar-refractivity contribution < 1.29 is 18.9 Å². The van der Waals surface area contributed by atoms with E-state index in [9.17, 15) is 14.9 Å². The van der Waals surface area contributed by atoms with E-state index in [0.29, 0.717) is 0 Å². The number of H-pyrrole nitrogens is 1. The summed E-state index contributed by atoms with van der Waals surface area (Å²) in [4.78, 5) is 33.8. The quantitative estimate of drug-likeness (QED) is 0.588. The van der Waals surface area contributed by atoms with Gasteiger partial charge in [-0.1, -0.05) is 12.1 Å². The number of hydrogen-bond donors (Lipinski definition) is 1. The van der Waals surface area contributed by atoms with Crippen LogP contribution in [0.15, 0.2) is 19.3 Å². The maximum absolute atomic E-state index is 11.4. The van der Waals surface area contributed by atoms with Crippen molar-refractivity contribution in [1.82, 2.24) is 10.1 Å². The van der Waals surface area contributed by atoms with Gasteiger partial charge in [0.2, 0.25) is 6.04 Å². The highest BCUT2D eigenvalue weighted by Gasteiger charge is 2.52. The van der Waals surface area contributed by atoms with Crippen molar-refractivity contribution in [2.24, 2.45) is 15.9 Å². The first-order chi connectivity index (χ1) is 11.5. The Morgan fingerprint density at radius 3 is 2.50 bits per heavy atom. The highest BCUT2D eigenvalue weighted by atomic mass is 16.6. The van der Waals surface area contributed by atoms with Crippen molar-refractivity contribution in [3.8, 4) is 0 Å². The molecular formula is C13H17N5O6. The van der Waals surface area contributed by atoms with Gasteiger partial charge in [0.05, 0.1) is 32.2 Å². The van der Waals surface area contributed by atoms with E-state index in [4.69, 9.17) is 9.47 Å². The molecule has 2 aliphatic rings. The average Bonchev–Trinajstić information content (AvgIpc) is 2.98.